The van der Waals surface area contributed by atoms with Crippen LogP contribution in [0.5, 0.6) is 5.75 Å². The van der Waals surface area contributed by atoms with E-state index in [-0.39, 0.29) is 0 Å². The van der Waals surface area contributed by atoms with Crippen molar-refractivity contribution in [2.24, 2.45) is 7.05 Å². The lowest BCUT2D eigenvalue weighted by molar-refractivity contribution is 0.0799. The van der Waals surface area contributed by atoms with Gasteiger partial charge >= 0.3 is 0 Å². The highest BCUT2D eigenvalue weighted by Crippen LogP contribution is 2.35. The maximum absolute atomic E-state index is 10.2. The Morgan fingerprint density at radius 3 is 2.56 bits per heavy atom. The van der Waals surface area contributed by atoms with E-state index >= 15 is 0 Å². The van der Waals surface area contributed by atoms with Crippen LogP contribution in [0.1, 0.15) is 19.4 Å². The summed E-state index contributed by atoms with van der Waals surface area (Å²) in [5, 5.41) is 11.1. The highest BCUT2D eigenvalue weighted by atomic mass is 16.5. The number of nitrogens with zero attached hydrogens (tertiary/aromatic N) is 1. The van der Waals surface area contributed by atoms with Gasteiger partial charge < -0.3 is 14.4 Å². The summed E-state index contributed by atoms with van der Waals surface area (Å²) in [4.78, 5) is 0. The molecular formula is C13H17NO2. The molecule has 0 fully saturated rings. The van der Waals surface area contributed by atoms with E-state index in [2.05, 4.69) is 0 Å². The molecule has 1 N–H and O–H groups in total. The molecule has 0 saturated carbocycles. The average Bonchev–Trinajstić information content (AvgIpc) is 2.56. The summed E-state index contributed by atoms with van der Waals surface area (Å²) in [5.74, 6) is 0.801. The maximum Gasteiger partial charge on any atom is 0.128 e. The van der Waals surface area contributed by atoms with Gasteiger partial charge in [0.2, 0.25) is 0 Å². The molecular weight excluding hydrogens is 202 g/mol. The third-order valence-electron chi connectivity index (χ3n) is 2.86. The van der Waals surface area contributed by atoms with Crippen molar-refractivity contribution in [3.63, 3.8) is 0 Å². The van der Waals surface area contributed by atoms with Crippen molar-refractivity contribution in [3.8, 4) is 5.75 Å². The standard InChI is InChI=1S/C13H17NO2/c1-13(2,15)9-8-14(3)10-6-5-7-11(16-4)12(9)10/h5-8,15H,1-4H3. The number of aryl methyl sites for hydroxylation is 1. The molecule has 86 valence electrons. The van der Waals surface area contributed by atoms with Crippen molar-refractivity contribution in [2.75, 3.05) is 7.11 Å². The first-order valence-electron chi connectivity index (χ1n) is 5.30. The van der Waals surface area contributed by atoms with Crippen molar-refractivity contribution in [1.82, 2.24) is 4.57 Å². The van der Waals surface area contributed by atoms with Crippen molar-refractivity contribution in [2.45, 2.75) is 19.4 Å². The zero-order valence-electron chi connectivity index (χ0n) is 10.1. The van der Waals surface area contributed by atoms with Crippen LogP contribution in [0.3, 0.4) is 0 Å². The van der Waals surface area contributed by atoms with E-state index in [0.717, 1.165) is 22.2 Å². The summed E-state index contributed by atoms with van der Waals surface area (Å²) in [6, 6.07) is 5.89. The van der Waals surface area contributed by atoms with Gasteiger partial charge in [-0.3, -0.25) is 0 Å². The van der Waals surface area contributed by atoms with E-state index in [1.54, 1.807) is 21.0 Å². The van der Waals surface area contributed by atoms with Crippen LogP contribution in [0.25, 0.3) is 10.9 Å². The molecule has 0 aliphatic rings. The van der Waals surface area contributed by atoms with E-state index in [1.165, 1.54) is 0 Å². The molecule has 3 nitrogen and oxygen atoms in total. The number of ether oxygens (including phenoxy) is 1. The molecule has 3 heteroatoms. The zero-order chi connectivity index (χ0) is 11.9. The zero-order valence-corrected chi connectivity index (χ0v) is 10.1. The van der Waals surface area contributed by atoms with Crippen LogP contribution in [0.2, 0.25) is 0 Å². The fourth-order valence-corrected chi connectivity index (χ4v) is 2.05. The predicted octanol–water partition coefficient (Wildman–Crippen LogP) is 2.41. The Bertz CT molecular complexity index is 520. The quantitative estimate of drug-likeness (QED) is 0.841. The Morgan fingerprint density at radius 2 is 2.00 bits per heavy atom. The second-order valence-electron chi connectivity index (χ2n) is 4.57. The first kappa shape index (κ1) is 11.0. The minimum Gasteiger partial charge on any atom is -0.496 e. The Hall–Kier alpha value is -1.48. The topological polar surface area (TPSA) is 34.4 Å². The van der Waals surface area contributed by atoms with E-state index in [0.29, 0.717) is 0 Å². The number of methoxy groups -OCH3 is 1. The number of hydrogen-bond donors (Lipinski definition) is 1. The van der Waals surface area contributed by atoms with Crippen molar-refractivity contribution >= 4 is 10.9 Å². The molecule has 0 amide bonds. The summed E-state index contributed by atoms with van der Waals surface area (Å²) in [6.07, 6.45) is 1.95. The molecule has 2 rings (SSSR count). The second-order valence-corrected chi connectivity index (χ2v) is 4.57. The van der Waals surface area contributed by atoms with Crippen LogP contribution >= 0.6 is 0 Å². The van der Waals surface area contributed by atoms with Crippen LogP contribution in [-0.4, -0.2) is 16.8 Å². The second kappa shape index (κ2) is 3.52. The number of hydrogen-bond acceptors (Lipinski definition) is 2. The molecule has 16 heavy (non-hydrogen) atoms. The third kappa shape index (κ3) is 1.57. The van der Waals surface area contributed by atoms with E-state index < -0.39 is 5.60 Å². The maximum atomic E-state index is 10.2. The van der Waals surface area contributed by atoms with E-state index in [1.807, 2.05) is 36.0 Å². The number of fused-ring (bicyclic) bond motifs is 1. The van der Waals surface area contributed by atoms with Crippen LogP contribution in [0.4, 0.5) is 0 Å². The summed E-state index contributed by atoms with van der Waals surface area (Å²) in [6.45, 7) is 3.57. The first-order valence-corrected chi connectivity index (χ1v) is 5.30. The number of rotatable bonds is 2. The lowest BCUT2D eigenvalue weighted by Crippen LogP contribution is -2.14. The lowest BCUT2D eigenvalue weighted by atomic mass is 9.97. The smallest absolute Gasteiger partial charge is 0.128 e. The monoisotopic (exact) mass is 219 g/mol. The van der Waals surface area contributed by atoms with Crippen molar-refractivity contribution in [1.29, 1.82) is 0 Å². The molecule has 0 aliphatic carbocycles. The van der Waals surface area contributed by atoms with Crippen molar-refractivity contribution in [3.05, 3.63) is 30.0 Å². The van der Waals surface area contributed by atoms with Gasteiger partial charge in [-0.25, -0.2) is 0 Å². The minimum atomic E-state index is -0.867. The van der Waals surface area contributed by atoms with Crippen LogP contribution < -0.4 is 4.74 Å². The van der Waals surface area contributed by atoms with Gasteiger partial charge in [0.1, 0.15) is 5.75 Å². The van der Waals surface area contributed by atoms with Gasteiger partial charge in [0.25, 0.3) is 0 Å². The summed E-state index contributed by atoms with van der Waals surface area (Å²) >= 11 is 0. The molecule has 0 bridgehead atoms. The fraction of sp³-hybridized carbons (Fsp3) is 0.385. The minimum absolute atomic E-state index is 0.801. The van der Waals surface area contributed by atoms with Crippen LogP contribution in [-0.2, 0) is 12.6 Å². The van der Waals surface area contributed by atoms with Crippen LogP contribution in [0, 0.1) is 0 Å². The summed E-state index contributed by atoms with van der Waals surface area (Å²) in [5.41, 5.74) is 1.09. The van der Waals surface area contributed by atoms with Crippen LogP contribution in [0.15, 0.2) is 24.4 Å². The Labute approximate surface area is 95.3 Å². The number of aromatic nitrogens is 1. The fourth-order valence-electron chi connectivity index (χ4n) is 2.05. The molecule has 1 aromatic heterocycles. The molecule has 0 unspecified atom stereocenters. The Morgan fingerprint density at radius 1 is 1.31 bits per heavy atom. The predicted molar refractivity (Wildman–Crippen MR) is 64.7 cm³/mol. The lowest BCUT2D eigenvalue weighted by Gasteiger charge is -2.17. The first-order chi connectivity index (χ1) is 7.45. The van der Waals surface area contributed by atoms with Gasteiger partial charge in [-0.1, -0.05) is 6.07 Å². The molecule has 0 radical (unpaired) electrons. The summed E-state index contributed by atoms with van der Waals surface area (Å²) in [7, 11) is 3.62. The molecule has 2 aromatic rings. The van der Waals surface area contributed by atoms with Gasteiger partial charge in [-0.2, -0.15) is 0 Å². The normalized spacial score (nSPS) is 12.1. The molecule has 0 spiro atoms. The Kier molecular flexibility index (Phi) is 2.43. The van der Waals surface area contributed by atoms with Gasteiger partial charge in [-0.15, -0.1) is 0 Å². The number of benzene rings is 1. The molecule has 0 atom stereocenters. The average molecular weight is 219 g/mol. The highest BCUT2D eigenvalue weighted by molar-refractivity contribution is 5.90. The van der Waals surface area contributed by atoms with Gasteiger partial charge in [0.15, 0.2) is 0 Å². The number of aliphatic hydroxyl groups is 1. The van der Waals surface area contributed by atoms with Crippen molar-refractivity contribution < 1.29 is 9.84 Å². The van der Waals surface area contributed by atoms with E-state index in [9.17, 15) is 5.11 Å². The Balaban J connectivity index is 2.85. The van der Waals surface area contributed by atoms with E-state index in [4.69, 9.17) is 4.74 Å². The largest absolute Gasteiger partial charge is 0.496 e. The van der Waals surface area contributed by atoms with Gasteiger partial charge in [0.05, 0.1) is 18.2 Å². The molecule has 0 aliphatic heterocycles. The summed E-state index contributed by atoms with van der Waals surface area (Å²) < 4.78 is 7.36. The third-order valence-corrected chi connectivity index (χ3v) is 2.86. The van der Waals surface area contributed by atoms with Gasteiger partial charge in [-0.05, 0) is 26.0 Å². The van der Waals surface area contributed by atoms with Gasteiger partial charge in [0, 0.05) is 24.2 Å². The highest BCUT2D eigenvalue weighted by Gasteiger charge is 2.23. The molecule has 0 saturated heterocycles. The molecule has 1 aromatic carbocycles. The molecule has 1 heterocycles. The SMILES string of the molecule is COc1cccc2c1c(C(C)(C)O)cn2C.